The SMILES string of the molecule is O=C1NC(=O)N(C2CCCCC2)C(=O)C1=Cc1cc(Cl)c(O)c(Br)c1. The summed E-state index contributed by atoms with van der Waals surface area (Å²) in [5.41, 5.74) is 0.338. The minimum absolute atomic E-state index is 0.0881. The van der Waals surface area contributed by atoms with Crippen molar-refractivity contribution in [2.24, 2.45) is 0 Å². The molecule has 0 bridgehead atoms. The number of halogens is 2. The van der Waals surface area contributed by atoms with Crippen LogP contribution in [0.2, 0.25) is 5.02 Å². The Morgan fingerprint density at radius 3 is 2.52 bits per heavy atom. The van der Waals surface area contributed by atoms with Crippen LogP contribution in [0.3, 0.4) is 0 Å². The van der Waals surface area contributed by atoms with Crippen molar-refractivity contribution in [1.29, 1.82) is 0 Å². The van der Waals surface area contributed by atoms with Crippen LogP contribution in [-0.4, -0.2) is 33.9 Å². The van der Waals surface area contributed by atoms with Crippen LogP contribution in [0.4, 0.5) is 4.79 Å². The van der Waals surface area contributed by atoms with Gasteiger partial charge < -0.3 is 5.11 Å². The summed E-state index contributed by atoms with van der Waals surface area (Å²) in [5, 5.41) is 12.0. The zero-order valence-electron chi connectivity index (χ0n) is 13.2. The van der Waals surface area contributed by atoms with E-state index >= 15 is 0 Å². The molecule has 132 valence electrons. The number of nitrogens with zero attached hydrogens (tertiary/aromatic N) is 1. The first-order chi connectivity index (χ1) is 11.9. The van der Waals surface area contributed by atoms with Gasteiger partial charge in [0.25, 0.3) is 11.8 Å². The lowest BCUT2D eigenvalue weighted by Crippen LogP contribution is -2.58. The largest absolute Gasteiger partial charge is 0.505 e. The monoisotopic (exact) mass is 426 g/mol. The summed E-state index contributed by atoms with van der Waals surface area (Å²) < 4.78 is 0.343. The van der Waals surface area contributed by atoms with Crippen LogP contribution in [0, 0.1) is 0 Å². The number of aromatic hydroxyl groups is 1. The third-order valence-electron chi connectivity index (χ3n) is 4.42. The normalized spacial score (nSPS) is 21.0. The lowest BCUT2D eigenvalue weighted by molar-refractivity contribution is -0.132. The predicted octanol–water partition coefficient (Wildman–Crippen LogP) is 3.60. The Morgan fingerprint density at radius 2 is 1.88 bits per heavy atom. The van der Waals surface area contributed by atoms with Crippen molar-refractivity contribution in [3.8, 4) is 5.75 Å². The summed E-state index contributed by atoms with van der Waals surface area (Å²) in [6, 6.07) is 2.13. The molecular weight excluding hydrogens is 412 g/mol. The molecule has 1 saturated heterocycles. The summed E-state index contributed by atoms with van der Waals surface area (Å²) in [5.74, 6) is -1.45. The molecule has 1 aliphatic heterocycles. The van der Waals surface area contributed by atoms with Gasteiger partial charge in [-0.2, -0.15) is 0 Å². The van der Waals surface area contributed by atoms with Crippen LogP contribution < -0.4 is 5.32 Å². The standard InChI is InChI=1S/C17H16BrClN2O4/c18-12-7-9(8-13(19)14(12)22)6-11-15(23)20-17(25)21(16(11)24)10-4-2-1-3-5-10/h6-8,10,22H,1-5H2,(H,20,23,25). The van der Waals surface area contributed by atoms with Gasteiger partial charge in [0.15, 0.2) is 0 Å². The van der Waals surface area contributed by atoms with E-state index in [-0.39, 0.29) is 22.4 Å². The molecular formula is C17H16BrClN2O4. The highest BCUT2D eigenvalue weighted by Gasteiger charge is 2.40. The van der Waals surface area contributed by atoms with Crippen molar-refractivity contribution in [3.05, 3.63) is 32.8 Å². The maximum Gasteiger partial charge on any atom is 0.331 e. The van der Waals surface area contributed by atoms with Gasteiger partial charge >= 0.3 is 6.03 Å². The van der Waals surface area contributed by atoms with Gasteiger partial charge in [0.2, 0.25) is 0 Å². The van der Waals surface area contributed by atoms with Crippen LogP contribution in [0.25, 0.3) is 6.08 Å². The first-order valence-corrected chi connectivity index (χ1v) is 9.14. The topological polar surface area (TPSA) is 86.7 Å². The minimum Gasteiger partial charge on any atom is -0.505 e. The molecule has 1 heterocycles. The second-order valence-corrected chi connectivity index (χ2v) is 7.38. The van der Waals surface area contributed by atoms with Crippen molar-refractivity contribution in [2.45, 2.75) is 38.1 Å². The van der Waals surface area contributed by atoms with E-state index in [1.54, 1.807) is 0 Å². The van der Waals surface area contributed by atoms with Crippen molar-refractivity contribution < 1.29 is 19.5 Å². The van der Waals surface area contributed by atoms with Gasteiger partial charge in [0, 0.05) is 6.04 Å². The maximum absolute atomic E-state index is 12.8. The number of carbonyl (C=O) groups excluding carboxylic acids is 3. The number of barbiturate groups is 1. The van der Waals surface area contributed by atoms with Gasteiger partial charge in [-0.1, -0.05) is 30.9 Å². The highest BCUT2D eigenvalue weighted by molar-refractivity contribution is 9.10. The second kappa shape index (κ2) is 7.17. The summed E-state index contributed by atoms with van der Waals surface area (Å²) in [7, 11) is 0. The molecule has 8 heteroatoms. The molecule has 1 aliphatic carbocycles. The van der Waals surface area contributed by atoms with E-state index < -0.39 is 17.8 Å². The van der Waals surface area contributed by atoms with Gasteiger partial charge in [-0.05, 0) is 52.5 Å². The van der Waals surface area contributed by atoms with E-state index in [9.17, 15) is 19.5 Å². The number of phenolic OH excluding ortho intramolecular Hbond substituents is 1. The summed E-state index contributed by atoms with van der Waals surface area (Å²) in [6.07, 6.45) is 5.86. The molecule has 0 aromatic heterocycles. The molecule has 1 saturated carbocycles. The number of rotatable bonds is 2. The number of hydrogen-bond acceptors (Lipinski definition) is 4. The molecule has 25 heavy (non-hydrogen) atoms. The van der Waals surface area contributed by atoms with Crippen molar-refractivity contribution in [2.75, 3.05) is 0 Å². The average Bonchev–Trinajstić information content (AvgIpc) is 2.57. The fourth-order valence-electron chi connectivity index (χ4n) is 3.18. The van der Waals surface area contributed by atoms with Crippen molar-refractivity contribution in [3.63, 3.8) is 0 Å². The summed E-state index contributed by atoms with van der Waals surface area (Å²) >= 11 is 9.09. The van der Waals surface area contributed by atoms with Gasteiger partial charge in [0.1, 0.15) is 11.3 Å². The van der Waals surface area contributed by atoms with E-state index in [2.05, 4.69) is 21.2 Å². The van der Waals surface area contributed by atoms with Crippen LogP contribution in [0.15, 0.2) is 22.2 Å². The van der Waals surface area contributed by atoms with E-state index in [0.717, 1.165) is 37.0 Å². The summed E-state index contributed by atoms with van der Waals surface area (Å²) in [4.78, 5) is 38.2. The van der Waals surface area contributed by atoms with E-state index in [4.69, 9.17) is 11.6 Å². The molecule has 4 amide bonds. The Bertz CT molecular complexity index is 764. The molecule has 0 spiro atoms. The fraction of sp³-hybridized carbons (Fsp3) is 0.353. The molecule has 0 atom stereocenters. The van der Waals surface area contributed by atoms with Gasteiger partial charge in [-0.3, -0.25) is 19.8 Å². The first kappa shape index (κ1) is 17.9. The maximum atomic E-state index is 12.8. The number of phenols is 1. The molecule has 3 rings (SSSR count). The second-order valence-electron chi connectivity index (χ2n) is 6.12. The Morgan fingerprint density at radius 1 is 1.20 bits per heavy atom. The Kier molecular flexibility index (Phi) is 5.15. The van der Waals surface area contributed by atoms with Crippen molar-refractivity contribution >= 4 is 51.5 Å². The molecule has 0 radical (unpaired) electrons. The average molecular weight is 428 g/mol. The van der Waals surface area contributed by atoms with E-state index in [1.807, 2.05) is 0 Å². The Labute approximate surface area is 158 Å². The van der Waals surface area contributed by atoms with Gasteiger partial charge in [-0.15, -0.1) is 0 Å². The van der Waals surface area contributed by atoms with E-state index in [1.165, 1.54) is 18.2 Å². The number of hydrogen-bond donors (Lipinski definition) is 2. The van der Waals surface area contributed by atoms with Crippen LogP contribution in [0.1, 0.15) is 37.7 Å². The van der Waals surface area contributed by atoms with E-state index in [0.29, 0.717) is 10.0 Å². The number of urea groups is 1. The van der Waals surface area contributed by atoms with Gasteiger partial charge in [-0.25, -0.2) is 4.79 Å². The zero-order chi connectivity index (χ0) is 18.1. The number of amides is 4. The number of carbonyl (C=O) groups is 3. The number of benzene rings is 1. The number of nitrogens with one attached hydrogen (secondary N) is 1. The fourth-order valence-corrected chi connectivity index (χ4v) is 4.00. The molecule has 0 unspecified atom stereocenters. The third kappa shape index (κ3) is 3.57. The minimum atomic E-state index is -0.734. The molecule has 2 aliphatic rings. The molecule has 1 aromatic rings. The van der Waals surface area contributed by atoms with Crippen LogP contribution in [-0.2, 0) is 9.59 Å². The lowest BCUT2D eigenvalue weighted by atomic mass is 9.93. The summed E-state index contributed by atoms with van der Waals surface area (Å²) in [6.45, 7) is 0. The molecule has 6 nitrogen and oxygen atoms in total. The van der Waals surface area contributed by atoms with Gasteiger partial charge in [0.05, 0.1) is 9.50 Å². The van der Waals surface area contributed by atoms with Crippen molar-refractivity contribution in [1.82, 2.24) is 10.2 Å². The Hall–Kier alpha value is -1.86. The quantitative estimate of drug-likeness (QED) is 0.558. The highest BCUT2D eigenvalue weighted by atomic mass is 79.9. The van der Waals surface area contributed by atoms with Crippen LogP contribution >= 0.6 is 27.5 Å². The molecule has 2 fully saturated rings. The molecule has 1 aromatic carbocycles. The zero-order valence-corrected chi connectivity index (χ0v) is 15.6. The first-order valence-electron chi connectivity index (χ1n) is 7.97. The predicted molar refractivity (Wildman–Crippen MR) is 96.1 cm³/mol. The molecule has 2 N–H and O–H groups in total. The lowest BCUT2D eigenvalue weighted by Gasteiger charge is -2.35. The Balaban J connectivity index is 1.95. The van der Waals surface area contributed by atoms with Crippen LogP contribution in [0.5, 0.6) is 5.75 Å². The smallest absolute Gasteiger partial charge is 0.331 e. The third-order valence-corrected chi connectivity index (χ3v) is 5.32. The highest BCUT2D eigenvalue weighted by Crippen LogP contribution is 2.34. The number of imide groups is 2.